The van der Waals surface area contributed by atoms with E-state index in [-0.39, 0.29) is 16.5 Å². The highest BCUT2D eigenvalue weighted by Gasteiger charge is 2.33. The zero-order chi connectivity index (χ0) is 13.1. The number of halogens is 4. The monoisotopic (exact) mass is 306 g/mol. The van der Waals surface area contributed by atoms with Gasteiger partial charge in [-0.1, -0.05) is 22.0 Å². The molecule has 1 aromatic rings. The van der Waals surface area contributed by atoms with Crippen LogP contribution in [0.4, 0.5) is 13.2 Å². The second kappa shape index (κ2) is 5.56. The van der Waals surface area contributed by atoms with Gasteiger partial charge in [-0.3, -0.25) is 0 Å². The molecule has 1 unspecified atom stereocenters. The molecule has 0 saturated heterocycles. The first-order chi connectivity index (χ1) is 7.86. The third kappa shape index (κ3) is 3.76. The van der Waals surface area contributed by atoms with Gasteiger partial charge < -0.3 is 5.11 Å². The minimum atomic E-state index is -4.44. The number of hydrogen-bond acceptors (Lipinski definition) is 1. The molecule has 0 aliphatic heterocycles. The second-order valence-electron chi connectivity index (χ2n) is 3.38. The quantitative estimate of drug-likeness (QED) is 0.821. The minimum absolute atomic E-state index is 0.0393. The summed E-state index contributed by atoms with van der Waals surface area (Å²) in [7, 11) is 0. The molecule has 1 rings (SSSR count). The summed E-state index contributed by atoms with van der Waals surface area (Å²) in [5.74, 6) is 5.21. The van der Waals surface area contributed by atoms with E-state index < -0.39 is 17.8 Å². The van der Waals surface area contributed by atoms with Crippen LogP contribution in [-0.2, 0) is 6.18 Å². The molecule has 17 heavy (non-hydrogen) atoms. The van der Waals surface area contributed by atoms with E-state index in [9.17, 15) is 18.3 Å². The molecule has 0 aliphatic rings. The summed E-state index contributed by atoms with van der Waals surface area (Å²) < 4.78 is 37.8. The first-order valence-electron chi connectivity index (χ1n) is 4.80. The van der Waals surface area contributed by atoms with Crippen LogP contribution < -0.4 is 0 Å². The highest BCUT2D eigenvalue weighted by molar-refractivity contribution is 9.10. The third-order valence-electron chi connectivity index (χ3n) is 2.15. The zero-order valence-corrected chi connectivity index (χ0v) is 10.6. The van der Waals surface area contributed by atoms with Crippen molar-refractivity contribution in [2.45, 2.75) is 25.6 Å². The minimum Gasteiger partial charge on any atom is -0.387 e. The van der Waals surface area contributed by atoms with Crippen LogP contribution in [0.25, 0.3) is 0 Å². The Morgan fingerprint density at radius 3 is 2.59 bits per heavy atom. The fourth-order valence-electron chi connectivity index (χ4n) is 1.28. The van der Waals surface area contributed by atoms with E-state index in [1.165, 1.54) is 12.1 Å². The van der Waals surface area contributed by atoms with Crippen molar-refractivity contribution in [3.8, 4) is 11.8 Å². The highest BCUT2D eigenvalue weighted by Crippen LogP contribution is 2.36. The predicted molar refractivity (Wildman–Crippen MR) is 62.2 cm³/mol. The first-order valence-corrected chi connectivity index (χ1v) is 5.60. The highest BCUT2D eigenvalue weighted by atomic mass is 79.9. The van der Waals surface area contributed by atoms with Gasteiger partial charge in [0.1, 0.15) is 0 Å². The Bertz CT molecular complexity index is 457. The Hall–Kier alpha value is -0.990. The summed E-state index contributed by atoms with van der Waals surface area (Å²) in [6.45, 7) is 1.61. The summed E-state index contributed by atoms with van der Waals surface area (Å²) in [5, 5.41) is 9.65. The van der Waals surface area contributed by atoms with Crippen molar-refractivity contribution < 1.29 is 18.3 Å². The molecule has 1 aromatic carbocycles. The van der Waals surface area contributed by atoms with E-state index >= 15 is 0 Å². The van der Waals surface area contributed by atoms with Crippen molar-refractivity contribution in [2.24, 2.45) is 0 Å². The summed E-state index contributed by atoms with van der Waals surface area (Å²) in [6, 6.07) is 3.66. The van der Waals surface area contributed by atoms with Gasteiger partial charge in [0.15, 0.2) is 0 Å². The van der Waals surface area contributed by atoms with E-state index in [1.54, 1.807) is 6.92 Å². The maximum Gasteiger partial charge on any atom is 0.417 e. The Kier molecular flexibility index (Phi) is 4.61. The van der Waals surface area contributed by atoms with Crippen molar-refractivity contribution in [1.29, 1.82) is 0 Å². The van der Waals surface area contributed by atoms with Gasteiger partial charge in [-0.05, 0) is 24.6 Å². The molecule has 0 bridgehead atoms. The molecule has 0 aliphatic carbocycles. The van der Waals surface area contributed by atoms with Gasteiger partial charge >= 0.3 is 6.18 Å². The van der Waals surface area contributed by atoms with Crippen LogP contribution in [0.3, 0.4) is 0 Å². The number of hydrogen-bond donors (Lipinski definition) is 1. The lowest BCUT2D eigenvalue weighted by Crippen LogP contribution is -2.08. The molecule has 5 heteroatoms. The Morgan fingerprint density at radius 2 is 2.06 bits per heavy atom. The second-order valence-corrected chi connectivity index (χ2v) is 4.24. The Morgan fingerprint density at radius 1 is 1.41 bits per heavy atom. The summed E-state index contributed by atoms with van der Waals surface area (Å²) in [6.07, 6.45) is -5.32. The van der Waals surface area contributed by atoms with E-state index in [2.05, 4.69) is 27.8 Å². The van der Waals surface area contributed by atoms with Crippen LogP contribution in [-0.4, -0.2) is 5.11 Å². The normalized spacial score (nSPS) is 12.8. The molecule has 92 valence electrons. The molecule has 0 radical (unpaired) electrons. The topological polar surface area (TPSA) is 20.2 Å². The summed E-state index contributed by atoms with van der Waals surface area (Å²) >= 11 is 2.84. The maximum absolute atomic E-state index is 12.6. The number of benzene rings is 1. The Labute approximate surface area is 106 Å². The first kappa shape index (κ1) is 14.1. The smallest absolute Gasteiger partial charge is 0.387 e. The Balaban J connectivity index is 3.07. The SMILES string of the molecule is CC#CCC(O)c1ccc(Br)c(C(F)(F)F)c1. The largest absolute Gasteiger partial charge is 0.417 e. The predicted octanol–water partition coefficient (Wildman–Crippen LogP) is 3.91. The van der Waals surface area contributed by atoms with Gasteiger partial charge in [-0.2, -0.15) is 13.2 Å². The molecule has 1 atom stereocenters. The number of alkyl halides is 3. The molecule has 0 amide bonds. The van der Waals surface area contributed by atoms with Crippen LogP contribution >= 0.6 is 15.9 Å². The van der Waals surface area contributed by atoms with E-state index in [1.807, 2.05) is 0 Å². The molecule has 1 nitrogen and oxygen atoms in total. The standard InChI is InChI=1S/C12H10BrF3O/c1-2-3-4-11(17)8-5-6-10(13)9(7-8)12(14,15)16/h5-7,11,17H,4H2,1H3. The zero-order valence-electron chi connectivity index (χ0n) is 8.98. The van der Waals surface area contributed by atoms with Gasteiger partial charge in [0.05, 0.1) is 11.7 Å². The molecule has 1 N–H and O–H groups in total. The number of rotatable bonds is 2. The lowest BCUT2D eigenvalue weighted by atomic mass is 10.0. The average Bonchev–Trinajstić information content (AvgIpc) is 2.25. The van der Waals surface area contributed by atoms with Crippen LogP contribution in [0.5, 0.6) is 0 Å². The molecule has 0 spiro atoms. The van der Waals surface area contributed by atoms with Gasteiger partial charge in [0, 0.05) is 10.9 Å². The van der Waals surface area contributed by atoms with Crippen molar-refractivity contribution >= 4 is 15.9 Å². The molecule has 0 fully saturated rings. The van der Waals surface area contributed by atoms with Crippen molar-refractivity contribution in [1.82, 2.24) is 0 Å². The van der Waals surface area contributed by atoms with Gasteiger partial charge in [-0.15, -0.1) is 11.8 Å². The molecule has 0 aromatic heterocycles. The molecular weight excluding hydrogens is 297 g/mol. The average molecular weight is 307 g/mol. The molecular formula is C12H10BrF3O. The summed E-state index contributed by atoms with van der Waals surface area (Å²) in [4.78, 5) is 0. The third-order valence-corrected chi connectivity index (χ3v) is 2.84. The van der Waals surface area contributed by atoms with Gasteiger partial charge in [-0.25, -0.2) is 0 Å². The van der Waals surface area contributed by atoms with Crippen molar-refractivity contribution in [2.75, 3.05) is 0 Å². The fourth-order valence-corrected chi connectivity index (χ4v) is 1.76. The van der Waals surface area contributed by atoms with Crippen LogP contribution in [0.1, 0.15) is 30.6 Å². The van der Waals surface area contributed by atoms with E-state index in [0.717, 1.165) is 6.07 Å². The van der Waals surface area contributed by atoms with Crippen molar-refractivity contribution in [3.63, 3.8) is 0 Å². The van der Waals surface area contributed by atoms with E-state index in [4.69, 9.17) is 0 Å². The molecule has 0 heterocycles. The van der Waals surface area contributed by atoms with Crippen molar-refractivity contribution in [3.05, 3.63) is 33.8 Å². The van der Waals surface area contributed by atoms with Crippen LogP contribution in [0, 0.1) is 11.8 Å². The fraction of sp³-hybridized carbons (Fsp3) is 0.333. The maximum atomic E-state index is 12.6. The summed E-state index contributed by atoms with van der Waals surface area (Å²) in [5.41, 5.74) is -0.582. The lowest BCUT2D eigenvalue weighted by molar-refractivity contribution is -0.138. The van der Waals surface area contributed by atoms with Crippen LogP contribution in [0.2, 0.25) is 0 Å². The van der Waals surface area contributed by atoms with Crippen LogP contribution in [0.15, 0.2) is 22.7 Å². The van der Waals surface area contributed by atoms with Gasteiger partial charge in [0.25, 0.3) is 0 Å². The van der Waals surface area contributed by atoms with Gasteiger partial charge in [0.2, 0.25) is 0 Å². The van der Waals surface area contributed by atoms with E-state index in [0.29, 0.717) is 0 Å². The number of aliphatic hydroxyl groups excluding tert-OH is 1. The number of aliphatic hydroxyl groups is 1. The lowest BCUT2D eigenvalue weighted by Gasteiger charge is -2.13. The molecule has 0 saturated carbocycles.